The molecule has 0 aliphatic heterocycles. The average Bonchev–Trinajstić information content (AvgIpc) is 1.79. The summed E-state index contributed by atoms with van der Waals surface area (Å²) in [5, 5.41) is 37.1. The number of rotatable bonds is 4. The number of carboxylic acids is 4. The summed E-state index contributed by atoms with van der Waals surface area (Å²) in [6, 6.07) is 0. The fourth-order valence-electron chi connectivity index (χ4n) is 0.236. The van der Waals surface area contributed by atoms with Gasteiger partial charge in [0.1, 0.15) is 0 Å². The Morgan fingerprint density at radius 1 is 0.579 bits per heavy atom. The third-order valence-corrected chi connectivity index (χ3v) is 0.577. The van der Waals surface area contributed by atoms with Gasteiger partial charge in [0.05, 0.1) is 0 Å². The van der Waals surface area contributed by atoms with E-state index in [0.29, 0.717) is 0 Å². The topological polar surface area (TPSA) is 224 Å². The van der Waals surface area contributed by atoms with Crippen molar-refractivity contribution >= 4 is 23.9 Å². The molecular formula is C6H8CuNa2O10. The van der Waals surface area contributed by atoms with E-state index in [1.165, 1.54) is 0 Å². The van der Waals surface area contributed by atoms with Gasteiger partial charge in [-0.3, -0.25) is 0 Å². The zero-order valence-corrected chi connectivity index (χ0v) is 14.9. The average molecular weight is 350 g/mol. The van der Waals surface area contributed by atoms with Crippen molar-refractivity contribution in [2.45, 2.75) is 12.8 Å². The normalized spacial score (nSPS) is 5.89. The SMILES string of the molecule is O.O.O=C([O-])CC(=O)[O-].O=C([O-])CC(=O)[O-].[Cu+2].[Na+].[Na+]. The van der Waals surface area contributed by atoms with Crippen molar-refractivity contribution in [3.63, 3.8) is 0 Å². The molecule has 0 amide bonds. The Bertz CT molecular complexity index is 208. The molecule has 0 aromatic carbocycles. The van der Waals surface area contributed by atoms with Crippen LogP contribution in [0.25, 0.3) is 0 Å². The van der Waals surface area contributed by atoms with Crippen LogP contribution >= 0.6 is 0 Å². The van der Waals surface area contributed by atoms with Crippen molar-refractivity contribution in [2.24, 2.45) is 0 Å². The van der Waals surface area contributed by atoms with Crippen LogP contribution in [-0.2, 0) is 36.2 Å². The molecule has 19 heavy (non-hydrogen) atoms. The number of hydrogen-bond donors (Lipinski definition) is 0. The van der Waals surface area contributed by atoms with Crippen molar-refractivity contribution < 1.29 is 127 Å². The fraction of sp³-hybridized carbons (Fsp3) is 0.333. The van der Waals surface area contributed by atoms with E-state index in [1.807, 2.05) is 0 Å². The summed E-state index contributed by atoms with van der Waals surface area (Å²) in [6.45, 7) is 0. The Balaban J connectivity index is -0.0000000240. The molecule has 0 spiro atoms. The van der Waals surface area contributed by atoms with Crippen LogP contribution in [0.5, 0.6) is 0 Å². The van der Waals surface area contributed by atoms with Gasteiger partial charge in [-0.25, -0.2) is 0 Å². The van der Waals surface area contributed by atoms with Crippen LogP contribution in [-0.4, -0.2) is 34.8 Å². The Hall–Kier alpha value is 0.319. The zero-order valence-electron chi connectivity index (χ0n) is 9.98. The molecule has 0 aliphatic rings. The maximum atomic E-state index is 9.28. The predicted octanol–water partition coefficient (Wildman–Crippen LogP) is -13.9. The van der Waals surface area contributed by atoms with Crippen molar-refractivity contribution in [3.05, 3.63) is 0 Å². The molecule has 0 saturated heterocycles. The summed E-state index contributed by atoms with van der Waals surface area (Å²) < 4.78 is 0. The standard InChI is InChI=1S/2C3H4O4.Cu.2Na.2H2O/c2*4-2(5)1-3(6)7;;;;;/h2*1H2,(H,4,5)(H,6,7);;;;2*1H2/q;;+2;2*+1;;/p-4. The molecule has 13 heteroatoms. The second-order valence-electron chi connectivity index (χ2n) is 1.84. The van der Waals surface area contributed by atoms with Crippen LogP contribution < -0.4 is 79.5 Å². The summed E-state index contributed by atoms with van der Waals surface area (Å²) in [6.07, 6.45) is -2.06. The second-order valence-corrected chi connectivity index (χ2v) is 1.84. The van der Waals surface area contributed by atoms with E-state index in [1.54, 1.807) is 0 Å². The largest absolute Gasteiger partial charge is 2.00 e. The quantitative estimate of drug-likeness (QED) is 0.348. The minimum atomic E-state index is -1.63. The molecule has 0 atom stereocenters. The van der Waals surface area contributed by atoms with Crippen LogP contribution in [0.15, 0.2) is 0 Å². The maximum absolute atomic E-state index is 9.28. The first-order valence-electron chi connectivity index (χ1n) is 3.05. The van der Waals surface area contributed by atoms with E-state index in [4.69, 9.17) is 0 Å². The van der Waals surface area contributed by atoms with Gasteiger partial charge >= 0.3 is 76.2 Å². The molecule has 0 aromatic heterocycles. The Morgan fingerprint density at radius 3 is 0.684 bits per heavy atom. The molecular weight excluding hydrogens is 342 g/mol. The van der Waals surface area contributed by atoms with Crippen LogP contribution in [0.4, 0.5) is 0 Å². The van der Waals surface area contributed by atoms with Crippen molar-refractivity contribution in [1.29, 1.82) is 0 Å². The molecule has 0 heterocycles. The van der Waals surface area contributed by atoms with Crippen molar-refractivity contribution in [1.82, 2.24) is 0 Å². The van der Waals surface area contributed by atoms with Crippen molar-refractivity contribution in [2.75, 3.05) is 0 Å². The number of carbonyl (C=O) groups is 4. The number of hydrogen-bond acceptors (Lipinski definition) is 8. The second kappa shape index (κ2) is 26.8. The van der Waals surface area contributed by atoms with Gasteiger partial charge in [0.2, 0.25) is 0 Å². The van der Waals surface area contributed by atoms with Gasteiger partial charge in [0.15, 0.2) is 0 Å². The molecule has 0 aliphatic carbocycles. The number of carboxylic acid groups (broad SMARTS) is 4. The summed E-state index contributed by atoms with van der Waals surface area (Å²) in [7, 11) is 0. The van der Waals surface area contributed by atoms with Crippen LogP contribution in [0.3, 0.4) is 0 Å². The summed E-state index contributed by atoms with van der Waals surface area (Å²) in [5.74, 6) is -6.50. The first kappa shape index (κ1) is 42.7. The monoisotopic (exact) mass is 349 g/mol. The van der Waals surface area contributed by atoms with Crippen LogP contribution in [0, 0.1) is 0 Å². The fourth-order valence-corrected chi connectivity index (χ4v) is 0.236. The number of carbonyl (C=O) groups excluding carboxylic acids is 4. The first-order valence-corrected chi connectivity index (χ1v) is 3.05. The molecule has 0 rings (SSSR count). The Morgan fingerprint density at radius 2 is 0.684 bits per heavy atom. The third-order valence-electron chi connectivity index (χ3n) is 0.577. The third kappa shape index (κ3) is 70.5. The minimum Gasteiger partial charge on any atom is -0.550 e. The van der Waals surface area contributed by atoms with E-state index in [0.717, 1.165) is 0 Å². The molecule has 105 valence electrons. The zero-order chi connectivity index (χ0) is 11.7. The summed E-state index contributed by atoms with van der Waals surface area (Å²) >= 11 is 0. The number of aliphatic carboxylic acids is 4. The van der Waals surface area contributed by atoms with E-state index < -0.39 is 36.7 Å². The van der Waals surface area contributed by atoms with Crippen LogP contribution in [0.2, 0.25) is 0 Å². The van der Waals surface area contributed by atoms with E-state index in [-0.39, 0.29) is 87.1 Å². The van der Waals surface area contributed by atoms with E-state index in [2.05, 4.69) is 0 Å². The molecule has 4 N–H and O–H groups in total. The Kier molecular flexibility index (Phi) is 60.3. The van der Waals surface area contributed by atoms with Gasteiger partial charge < -0.3 is 50.6 Å². The molecule has 0 saturated carbocycles. The smallest absolute Gasteiger partial charge is 0.550 e. The van der Waals surface area contributed by atoms with Crippen LogP contribution in [0.1, 0.15) is 12.8 Å². The van der Waals surface area contributed by atoms with Gasteiger partial charge in [0, 0.05) is 36.7 Å². The van der Waals surface area contributed by atoms with Crippen molar-refractivity contribution in [3.8, 4) is 0 Å². The molecule has 1 radical (unpaired) electrons. The van der Waals surface area contributed by atoms with Gasteiger partial charge in [-0.2, -0.15) is 0 Å². The minimum absolute atomic E-state index is 0. The molecule has 0 aromatic rings. The summed E-state index contributed by atoms with van der Waals surface area (Å²) in [5.41, 5.74) is 0. The van der Waals surface area contributed by atoms with Gasteiger partial charge in [0.25, 0.3) is 0 Å². The van der Waals surface area contributed by atoms with Gasteiger partial charge in [-0.1, -0.05) is 0 Å². The maximum Gasteiger partial charge on any atom is 2.00 e. The Labute approximate surface area is 162 Å². The summed E-state index contributed by atoms with van der Waals surface area (Å²) in [4.78, 5) is 37.1. The van der Waals surface area contributed by atoms with E-state index >= 15 is 0 Å². The molecule has 0 unspecified atom stereocenters. The first-order chi connectivity index (χ1) is 6.25. The van der Waals surface area contributed by atoms with Gasteiger partial charge in [-0.05, 0) is 0 Å². The molecule has 0 fully saturated rings. The van der Waals surface area contributed by atoms with E-state index in [9.17, 15) is 39.6 Å². The van der Waals surface area contributed by atoms with Gasteiger partial charge in [-0.15, -0.1) is 0 Å². The predicted molar refractivity (Wildman–Crippen MR) is 36.5 cm³/mol. The molecule has 10 nitrogen and oxygen atoms in total. The molecule has 0 bridgehead atoms.